The summed E-state index contributed by atoms with van der Waals surface area (Å²) in [6.45, 7) is 19.1. The highest BCUT2D eigenvalue weighted by Crippen LogP contribution is 2.20. The lowest BCUT2D eigenvalue weighted by molar-refractivity contribution is -0.129. The van der Waals surface area contributed by atoms with E-state index >= 15 is 0 Å². The highest BCUT2D eigenvalue weighted by Gasteiger charge is 2.21. The molecule has 226 valence electrons. The maximum absolute atomic E-state index is 11.9. The Labute approximate surface area is 242 Å². The van der Waals surface area contributed by atoms with Gasteiger partial charge in [0, 0.05) is 36.6 Å². The highest BCUT2D eigenvalue weighted by atomic mass is 19.3. The van der Waals surface area contributed by atoms with Crippen LogP contribution in [0, 0.1) is 17.8 Å². The van der Waals surface area contributed by atoms with Crippen LogP contribution in [-0.2, 0) is 16.0 Å². The fourth-order valence-corrected chi connectivity index (χ4v) is 2.29. The van der Waals surface area contributed by atoms with Crippen LogP contribution >= 0.6 is 0 Å². The van der Waals surface area contributed by atoms with Crippen molar-refractivity contribution in [1.29, 1.82) is 0 Å². The number of carbonyl (C=O) groups is 3. The molecule has 0 aromatic heterocycles. The lowest BCUT2D eigenvalue weighted by atomic mass is 10.0. The summed E-state index contributed by atoms with van der Waals surface area (Å²) < 4.78 is 23.8. The standard InChI is InChI=1S/C18H16O.C6H10O2.C5H10F2.2C2H6.CH4O/c1-3-15-4-6-16(7-5-15)8-9-17-10-12-18(13-11-17)14(2)19;1-4(5(2)7)6(3)8;1-3-5(6,7)4-2;3*1-2/h4-7,10-13H,3H2,1-2H3;4H,1-3H3;3-4H2,1-2H3;2*1-2H3;2H,1H3. The van der Waals surface area contributed by atoms with Crippen molar-refractivity contribution in [3.05, 3.63) is 70.8 Å². The van der Waals surface area contributed by atoms with Crippen molar-refractivity contribution in [2.45, 2.75) is 101 Å². The highest BCUT2D eigenvalue weighted by molar-refractivity contribution is 5.99. The molecule has 0 saturated heterocycles. The van der Waals surface area contributed by atoms with E-state index in [0.717, 1.165) is 30.2 Å². The monoisotopic (exact) mass is 562 g/mol. The molecule has 40 heavy (non-hydrogen) atoms. The number of alkyl halides is 2. The second-order valence-electron chi connectivity index (χ2n) is 7.94. The maximum atomic E-state index is 11.9. The zero-order valence-corrected chi connectivity index (χ0v) is 26.7. The molecule has 0 heterocycles. The van der Waals surface area contributed by atoms with Gasteiger partial charge in [-0.05, 0) is 63.9 Å². The normalized spacial score (nSPS) is 9.00. The molecule has 4 nitrogen and oxygen atoms in total. The van der Waals surface area contributed by atoms with E-state index < -0.39 is 11.8 Å². The predicted octanol–water partition coefficient (Wildman–Crippen LogP) is 8.75. The average molecular weight is 563 g/mol. The third kappa shape index (κ3) is 22.8. The summed E-state index contributed by atoms with van der Waals surface area (Å²) in [5, 5.41) is 7.00. The Bertz CT molecular complexity index is 963. The Morgan fingerprint density at radius 2 is 1.05 bits per heavy atom. The van der Waals surface area contributed by atoms with Crippen LogP contribution in [0.15, 0.2) is 48.5 Å². The van der Waals surface area contributed by atoms with E-state index in [0.29, 0.717) is 0 Å². The molecule has 0 aliphatic carbocycles. The van der Waals surface area contributed by atoms with Gasteiger partial charge in [0.1, 0.15) is 11.6 Å². The molecule has 2 aromatic rings. The summed E-state index contributed by atoms with van der Waals surface area (Å²) in [5.41, 5.74) is 3.96. The number of halogens is 2. The minimum absolute atomic E-state index is 0.0382. The fraction of sp³-hybridized carbons (Fsp3) is 0.500. The molecule has 0 spiro atoms. The third-order valence-corrected chi connectivity index (χ3v) is 5.26. The van der Waals surface area contributed by atoms with Gasteiger partial charge in [-0.15, -0.1) is 0 Å². The number of aliphatic hydroxyl groups is 1. The van der Waals surface area contributed by atoms with Crippen LogP contribution in [0.4, 0.5) is 8.78 Å². The Kier molecular flexibility index (Phi) is 30.0. The molecule has 0 amide bonds. The number of Topliss-reactive ketones (excluding diaryl/α,β-unsaturated/α-hetero) is 3. The molecule has 0 fully saturated rings. The molecular formula is C34H52F2O4. The molecule has 2 rings (SSSR count). The molecule has 0 atom stereocenters. The number of aryl methyl sites for hydroxylation is 1. The van der Waals surface area contributed by atoms with Crippen molar-refractivity contribution < 1.29 is 28.3 Å². The van der Waals surface area contributed by atoms with E-state index in [1.165, 1.54) is 33.3 Å². The zero-order chi connectivity index (χ0) is 32.3. The van der Waals surface area contributed by atoms with E-state index in [1.54, 1.807) is 13.8 Å². The molecule has 0 aliphatic heterocycles. The largest absolute Gasteiger partial charge is 0.400 e. The van der Waals surface area contributed by atoms with Crippen molar-refractivity contribution in [3.8, 4) is 11.8 Å². The van der Waals surface area contributed by atoms with Crippen LogP contribution in [0.2, 0.25) is 0 Å². The molecular weight excluding hydrogens is 510 g/mol. The van der Waals surface area contributed by atoms with E-state index in [4.69, 9.17) is 5.11 Å². The Hall–Kier alpha value is -3.17. The number of hydrogen-bond acceptors (Lipinski definition) is 4. The van der Waals surface area contributed by atoms with Crippen molar-refractivity contribution >= 4 is 17.3 Å². The number of ketones is 3. The first-order valence-electron chi connectivity index (χ1n) is 13.9. The van der Waals surface area contributed by atoms with E-state index in [1.807, 2.05) is 64.1 Å². The first-order valence-corrected chi connectivity index (χ1v) is 13.9. The van der Waals surface area contributed by atoms with Crippen LogP contribution in [0.25, 0.3) is 0 Å². The van der Waals surface area contributed by atoms with Gasteiger partial charge in [-0.2, -0.15) is 0 Å². The van der Waals surface area contributed by atoms with E-state index in [2.05, 4.69) is 30.9 Å². The minimum Gasteiger partial charge on any atom is -0.400 e. The second-order valence-corrected chi connectivity index (χ2v) is 7.94. The van der Waals surface area contributed by atoms with Crippen molar-refractivity contribution in [2.75, 3.05) is 7.11 Å². The van der Waals surface area contributed by atoms with Crippen LogP contribution < -0.4 is 0 Å². The zero-order valence-electron chi connectivity index (χ0n) is 26.7. The van der Waals surface area contributed by atoms with Crippen molar-refractivity contribution in [2.24, 2.45) is 5.92 Å². The molecule has 0 bridgehead atoms. The summed E-state index contributed by atoms with van der Waals surface area (Å²) >= 11 is 0. The van der Waals surface area contributed by atoms with Crippen LogP contribution in [0.1, 0.15) is 116 Å². The third-order valence-electron chi connectivity index (χ3n) is 5.26. The fourth-order valence-electron chi connectivity index (χ4n) is 2.29. The van der Waals surface area contributed by atoms with Crippen LogP contribution in [-0.4, -0.2) is 35.5 Å². The minimum atomic E-state index is -2.42. The van der Waals surface area contributed by atoms with Gasteiger partial charge in [-0.25, -0.2) is 8.78 Å². The van der Waals surface area contributed by atoms with Gasteiger partial charge < -0.3 is 5.11 Å². The molecule has 0 saturated carbocycles. The van der Waals surface area contributed by atoms with Gasteiger partial charge in [0.25, 0.3) is 0 Å². The van der Waals surface area contributed by atoms with Gasteiger partial charge in [0.05, 0.1) is 5.92 Å². The Morgan fingerprint density at radius 1 is 0.725 bits per heavy atom. The SMILES string of the molecule is CC.CC.CC(=O)C(C)C(C)=O.CCC(F)(F)CC.CCc1ccc(C#Cc2ccc(C(C)=O)cc2)cc1.CO. The number of carbonyl (C=O) groups excluding carboxylic acids is 3. The lowest BCUT2D eigenvalue weighted by Gasteiger charge is -2.08. The van der Waals surface area contributed by atoms with E-state index in [9.17, 15) is 23.2 Å². The van der Waals surface area contributed by atoms with E-state index in [-0.39, 0.29) is 30.2 Å². The summed E-state index contributed by atoms with van der Waals surface area (Å²) in [5.74, 6) is 3.37. The molecule has 0 aliphatic rings. The van der Waals surface area contributed by atoms with Gasteiger partial charge in [-0.1, -0.05) is 84.6 Å². The smallest absolute Gasteiger partial charge is 0.247 e. The topological polar surface area (TPSA) is 71.4 Å². The van der Waals surface area contributed by atoms with Gasteiger partial charge >= 0.3 is 0 Å². The van der Waals surface area contributed by atoms with Crippen molar-refractivity contribution in [3.63, 3.8) is 0 Å². The molecule has 0 unspecified atom stereocenters. The lowest BCUT2D eigenvalue weighted by Crippen LogP contribution is -2.14. The Morgan fingerprint density at radius 3 is 1.25 bits per heavy atom. The first-order chi connectivity index (χ1) is 18.9. The molecule has 6 heteroatoms. The number of benzene rings is 2. The van der Waals surface area contributed by atoms with Crippen LogP contribution in [0.3, 0.4) is 0 Å². The Balaban J connectivity index is -0.000000258. The second kappa shape index (κ2) is 27.4. The number of aliphatic hydroxyl groups excluding tert-OH is 1. The number of hydrogen-bond donors (Lipinski definition) is 1. The van der Waals surface area contributed by atoms with Crippen molar-refractivity contribution in [1.82, 2.24) is 0 Å². The molecule has 1 N–H and O–H groups in total. The summed E-state index contributed by atoms with van der Waals surface area (Å²) in [7, 11) is 1.00. The first kappa shape index (κ1) is 43.9. The summed E-state index contributed by atoms with van der Waals surface area (Å²) in [4.78, 5) is 31.9. The summed E-state index contributed by atoms with van der Waals surface area (Å²) in [6, 6.07) is 15.7. The summed E-state index contributed by atoms with van der Waals surface area (Å²) in [6.07, 6.45) is 0.965. The average Bonchev–Trinajstić information content (AvgIpc) is 2.99. The molecule has 2 aromatic carbocycles. The molecule has 0 radical (unpaired) electrons. The predicted molar refractivity (Wildman–Crippen MR) is 165 cm³/mol. The van der Waals surface area contributed by atoms with Gasteiger partial charge in [-0.3, -0.25) is 14.4 Å². The maximum Gasteiger partial charge on any atom is 0.247 e. The van der Waals surface area contributed by atoms with Gasteiger partial charge in [0.15, 0.2) is 5.78 Å². The van der Waals surface area contributed by atoms with Gasteiger partial charge in [0.2, 0.25) is 5.92 Å². The quantitative estimate of drug-likeness (QED) is 0.217. The number of rotatable bonds is 6. The van der Waals surface area contributed by atoms with Crippen LogP contribution in [0.5, 0.6) is 0 Å².